The van der Waals surface area contributed by atoms with Gasteiger partial charge in [-0.15, -0.1) is 0 Å². The third kappa shape index (κ3) is 4.87. The van der Waals surface area contributed by atoms with Crippen molar-refractivity contribution in [3.8, 4) is 5.75 Å². The van der Waals surface area contributed by atoms with E-state index in [2.05, 4.69) is 11.8 Å². The predicted molar refractivity (Wildman–Crippen MR) is 102 cm³/mol. The molecule has 0 aliphatic carbocycles. The number of unbranched alkanes of at least 4 members (excludes halogenated alkanes) is 1. The Labute approximate surface area is 158 Å². The van der Waals surface area contributed by atoms with Gasteiger partial charge < -0.3 is 9.47 Å². The summed E-state index contributed by atoms with van der Waals surface area (Å²) in [6.07, 6.45) is 3.89. The van der Waals surface area contributed by atoms with Gasteiger partial charge >= 0.3 is 0 Å². The van der Waals surface area contributed by atoms with E-state index in [1.54, 1.807) is 6.08 Å². The number of morpholine rings is 1. The number of carbonyl (C=O) groups is 2. The molecule has 2 aliphatic rings. The number of thioether (sulfide) groups is 1. The lowest BCUT2D eigenvalue weighted by atomic mass is 10.2. The highest BCUT2D eigenvalue weighted by Gasteiger charge is 2.36. The first-order valence-electron chi connectivity index (χ1n) is 8.95. The number of benzene rings is 1. The zero-order valence-corrected chi connectivity index (χ0v) is 15.8. The quantitative estimate of drug-likeness (QED) is 0.538. The van der Waals surface area contributed by atoms with Crippen LogP contribution in [-0.4, -0.2) is 60.5 Å². The molecule has 3 rings (SSSR count). The number of imide groups is 1. The van der Waals surface area contributed by atoms with Gasteiger partial charge in [0.05, 0.1) is 31.4 Å². The molecular formula is C19H24N2O4S. The van der Waals surface area contributed by atoms with Gasteiger partial charge in [-0.2, -0.15) is 0 Å². The molecule has 2 aliphatic heterocycles. The van der Waals surface area contributed by atoms with Crippen LogP contribution in [0.1, 0.15) is 25.3 Å². The molecule has 0 radical (unpaired) electrons. The van der Waals surface area contributed by atoms with E-state index in [0.717, 1.165) is 49.0 Å². The molecular weight excluding hydrogens is 352 g/mol. The fourth-order valence-corrected chi connectivity index (χ4v) is 3.54. The van der Waals surface area contributed by atoms with Crippen LogP contribution < -0.4 is 4.74 Å². The van der Waals surface area contributed by atoms with Gasteiger partial charge in [0.25, 0.3) is 11.1 Å². The molecule has 0 unspecified atom stereocenters. The summed E-state index contributed by atoms with van der Waals surface area (Å²) in [6, 6.07) is 7.58. The smallest absolute Gasteiger partial charge is 0.294 e. The summed E-state index contributed by atoms with van der Waals surface area (Å²) >= 11 is 0.996. The van der Waals surface area contributed by atoms with Gasteiger partial charge in [0.2, 0.25) is 0 Å². The van der Waals surface area contributed by atoms with Gasteiger partial charge in [0, 0.05) is 13.1 Å². The van der Waals surface area contributed by atoms with Crippen molar-refractivity contribution in [1.29, 1.82) is 0 Å². The van der Waals surface area contributed by atoms with Gasteiger partial charge in [-0.1, -0.05) is 25.5 Å². The Morgan fingerprint density at radius 3 is 2.62 bits per heavy atom. The molecule has 0 aromatic heterocycles. The summed E-state index contributed by atoms with van der Waals surface area (Å²) in [4.78, 5) is 28.6. The van der Waals surface area contributed by atoms with E-state index in [1.807, 2.05) is 24.3 Å². The molecule has 0 N–H and O–H groups in total. The number of amides is 2. The Bertz CT molecular complexity index is 669. The Morgan fingerprint density at radius 2 is 1.92 bits per heavy atom. The molecule has 1 aromatic rings. The summed E-state index contributed by atoms with van der Waals surface area (Å²) in [5, 5.41) is -0.215. The Hall–Kier alpha value is -1.83. The van der Waals surface area contributed by atoms with Crippen LogP contribution in [0, 0.1) is 0 Å². The van der Waals surface area contributed by atoms with E-state index in [-0.39, 0.29) is 11.1 Å². The molecule has 6 nitrogen and oxygen atoms in total. The van der Waals surface area contributed by atoms with E-state index < -0.39 is 0 Å². The molecule has 0 bridgehead atoms. The molecule has 2 saturated heterocycles. The van der Waals surface area contributed by atoms with Crippen LogP contribution >= 0.6 is 11.8 Å². The van der Waals surface area contributed by atoms with Crippen LogP contribution in [0.3, 0.4) is 0 Å². The number of hydrogen-bond donors (Lipinski definition) is 0. The Kier molecular flexibility index (Phi) is 6.71. The zero-order chi connectivity index (χ0) is 18.4. The van der Waals surface area contributed by atoms with Crippen LogP contribution in [0.2, 0.25) is 0 Å². The number of ether oxygens (including phenoxy) is 2. The maximum Gasteiger partial charge on any atom is 0.294 e. The second kappa shape index (κ2) is 9.21. The van der Waals surface area contributed by atoms with E-state index in [1.165, 1.54) is 4.90 Å². The van der Waals surface area contributed by atoms with E-state index >= 15 is 0 Å². The van der Waals surface area contributed by atoms with Crippen molar-refractivity contribution in [1.82, 2.24) is 9.80 Å². The van der Waals surface area contributed by atoms with Crippen LogP contribution in [0.4, 0.5) is 4.79 Å². The number of carbonyl (C=O) groups excluding carboxylic acids is 2. The second-order valence-corrected chi connectivity index (χ2v) is 7.25. The van der Waals surface area contributed by atoms with Gasteiger partial charge in [-0.05, 0) is 42.0 Å². The SMILES string of the molecule is CCCCOc1ccc(C=C2SC(=O)N(CN3CCOCC3)C2=O)cc1. The Balaban J connectivity index is 1.61. The van der Waals surface area contributed by atoms with Gasteiger partial charge in [0.15, 0.2) is 0 Å². The van der Waals surface area contributed by atoms with Crippen LogP contribution in [0.25, 0.3) is 6.08 Å². The van der Waals surface area contributed by atoms with Crippen molar-refractivity contribution in [2.24, 2.45) is 0 Å². The second-order valence-electron chi connectivity index (χ2n) is 6.25. The summed E-state index contributed by atoms with van der Waals surface area (Å²) < 4.78 is 10.9. The number of rotatable bonds is 7. The average molecular weight is 376 g/mol. The lowest BCUT2D eigenvalue weighted by Crippen LogP contribution is -2.45. The van der Waals surface area contributed by atoms with E-state index in [9.17, 15) is 9.59 Å². The van der Waals surface area contributed by atoms with Crippen molar-refractivity contribution in [2.75, 3.05) is 39.6 Å². The van der Waals surface area contributed by atoms with E-state index in [4.69, 9.17) is 9.47 Å². The fourth-order valence-electron chi connectivity index (χ4n) is 2.71. The van der Waals surface area contributed by atoms with Crippen LogP contribution in [-0.2, 0) is 9.53 Å². The molecule has 140 valence electrons. The standard InChI is InChI=1S/C19H24N2O4S/c1-2-3-10-25-16-6-4-15(5-7-16)13-17-18(22)21(19(23)26-17)14-20-8-11-24-12-9-20/h4-7,13H,2-3,8-12,14H2,1H3. The van der Waals surface area contributed by atoms with E-state index in [0.29, 0.717) is 31.4 Å². The lowest BCUT2D eigenvalue weighted by Gasteiger charge is -2.29. The topological polar surface area (TPSA) is 59.1 Å². The highest BCUT2D eigenvalue weighted by molar-refractivity contribution is 8.18. The molecule has 2 heterocycles. The summed E-state index contributed by atoms with van der Waals surface area (Å²) in [6.45, 7) is 5.91. The molecule has 2 fully saturated rings. The molecule has 26 heavy (non-hydrogen) atoms. The first-order chi connectivity index (χ1) is 12.7. The summed E-state index contributed by atoms with van der Waals surface area (Å²) in [5.41, 5.74) is 0.879. The van der Waals surface area contributed by atoms with Crippen molar-refractivity contribution in [3.63, 3.8) is 0 Å². The maximum atomic E-state index is 12.6. The molecule has 1 aromatic carbocycles. The van der Waals surface area contributed by atoms with Crippen molar-refractivity contribution < 1.29 is 19.1 Å². The number of nitrogens with zero attached hydrogens (tertiary/aromatic N) is 2. The normalized spacial score (nSPS) is 20.2. The Morgan fingerprint density at radius 1 is 1.19 bits per heavy atom. The first-order valence-corrected chi connectivity index (χ1v) is 9.77. The van der Waals surface area contributed by atoms with Crippen LogP contribution in [0.15, 0.2) is 29.2 Å². The lowest BCUT2D eigenvalue weighted by molar-refractivity contribution is -0.125. The predicted octanol–water partition coefficient (Wildman–Crippen LogP) is 3.19. The minimum atomic E-state index is -0.227. The highest BCUT2D eigenvalue weighted by atomic mass is 32.2. The molecule has 0 atom stereocenters. The minimum Gasteiger partial charge on any atom is -0.494 e. The zero-order valence-electron chi connectivity index (χ0n) is 15.0. The van der Waals surface area contributed by atoms with Gasteiger partial charge in [-0.25, -0.2) is 0 Å². The van der Waals surface area contributed by atoms with Crippen molar-refractivity contribution in [3.05, 3.63) is 34.7 Å². The van der Waals surface area contributed by atoms with Crippen molar-refractivity contribution >= 4 is 29.0 Å². The maximum absolute atomic E-state index is 12.6. The minimum absolute atomic E-state index is 0.215. The molecule has 7 heteroatoms. The largest absolute Gasteiger partial charge is 0.494 e. The summed E-state index contributed by atoms with van der Waals surface area (Å²) in [5.74, 6) is 0.589. The third-order valence-corrected chi connectivity index (χ3v) is 5.17. The summed E-state index contributed by atoms with van der Waals surface area (Å²) in [7, 11) is 0. The molecule has 2 amide bonds. The van der Waals surface area contributed by atoms with Crippen molar-refractivity contribution in [2.45, 2.75) is 19.8 Å². The fraction of sp³-hybridized carbons (Fsp3) is 0.474. The third-order valence-electron chi connectivity index (χ3n) is 4.26. The number of hydrogen-bond acceptors (Lipinski definition) is 6. The van der Waals surface area contributed by atoms with Gasteiger partial charge in [-0.3, -0.25) is 19.4 Å². The molecule has 0 spiro atoms. The highest BCUT2D eigenvalue weighted by Crippen LogP contribution is 2.32. The molecule has 0 saturated carbocycles. The average Bonchev–Trinajstić information content (AvgIpc) is 2.92. The van der Waals surface area contributed by atoms with Gasteiger partial charge in [0.1, 0.15) is 5.75 Å². The monoisotopic (exact) mass is 376 g/mol. The first kappa shape index (κ1) is 18.9. The van der Waals surface area contributed by atoms with Crippen LogP contribution in [0.5, 0.6) is 5.75 Å².